The summed E-state index contributed by atoms with van der Waals surface area (Å²) in [7, 11) is -0.854. The lowest BCUT2D eigenvalue weighted by Gasteiger charge is -2.42. The van der Waals surface area contributed by atoms with Gasteiger partial charge in [-0.1, -0.05) is 12.1 Å². The number of ether oxygens (including phenoxy) is 2. The first-order valence-corrected chi connectivity index (χ1v) is 17.7. The van der Waals surface area contributed by atoms with Crippen LogP contribution >= 0.6 is 7.37 Å². The number of benzene rings is 3. The average Bonchev–Trinajstić information content (AvgIpc) is 3.85. The van der Waals surface area contributed by atoms with Crippen molar-refractivity contribution in [2.75, 3.05) is 51.5 Å². The fourth-order valence-corrected chi connectivity index (χ4v) is 7.60. The molecule has 3 aromatic rings. The van der Waals surface area contributed by atoms with Crippen molar-refractivity contribution in [3.8, 4) is 16.9 Å². The van der Waals surface area contributed by atoms with Gasteiger partial charge in [-0.05, 0) is 97.8 Å². The molecule has 0 spiro atoms. The summed E-state index contributed by atoms with van der Waals surface area (Å²) in [6.07, 6.45) is 3.74. The minimum absolute atomic E-state index is 0.238. The number of piperidine rings is 1. The molecule has 5 rings (SSSR count). The predicted molar refractivity (Wildman–Crippen MR) is 174 cm³/mol. The Morgan fingerprint density at radius 2 is 1.70 bits per heavy atom. The lowest BCUT2D eigenvalue weighted by atomic mass is 9.89. The van der Waals surface area contributed by atoms with Gasteiger partial charge in [-0.2, -0.15) is 0 Å². The highest BCUT2D eigenvalue weighted by atomic mass is 31.2. The Labute approximate surface area is 260 Å². The van der Waals surface area contributed by atoms with Crippen molar-refractivity contribution in [1.29, 1.82) is 0 Å². The second-order valence-corrected chi connectivity index (χ2v) is 14.5. The monoisotopic (exact) mass is 622 g/mol. The maximum absolute atomic E-state index is 13.7. The molecule has 44 heavy (non-hydrogen) atoms. The van der Waals surface area contributed by atoms with Crippen molar-refractivity contribution in [2.45, 2.75) is 57.6 Å². The van der Waals surface area contributed by atoms with Gasteiger partial charge < -0.3 is 18.9 Å². The smallest absolute Gasteiger partial charge is 0.293 e. The lowest BCUT2D eigenvalue weighted by Crippen LogP contribution is -2.51. The van der Waals surface area contributed by atoms with Crippen molar-refractivity contribution < 1.29 is 27.7 Å². The number of hydrogen-bond acceptors (Lipinski definition) is 7. The van der Waals surface area contributed by atoms with Gasteiger partial charge in [0.15, 0.2) is 0 Å². The number of carbonyl (C=O) groups excluding carboxylic acids is 1. The first kappa shape index (κ1) is 32.2. The Bertz CT molecular complexity index is 1470. The Kier molecular flexibility index (Phi) is 10.1. The zero-order valence-electron chi connectivity index (χ0n) is 26.3. The van der Waals surface area contributed by atoms with Crippen molar-refractivity contribution in [3.05, 3.63) is 77.6 Å². The molecule has 0 amide bonds. The van der Waals surface area contributed by atoms with E-state index < -0.39 is 13.0 Å². The van der Waals surface area contributed by atoms with E-state index in [0.717, 1.165) is 60.6 Å². The summed E-state index contributed by atoms with van der Waals surface area (Å²) < 4.78 is 43.9. The number of likely N-dealkylation sites (N-methyl/N-ethyl adjacent to an activating group) is 1. The van der Waals surface area contributed by atoms with Crippen LogP contribution in [0.5, 0.6) is 5.75 Å². The summed E-state index contributed by atoms with van der Waals surface area (Å²) in [6.45, 7) is 9.84. The van der Waals surface area contributed by atoms with Crippen LogP contribution in [0.1, 0.15) is 56.6 Å². The van der Waals surface area contributed by atoms with Crippen LogP contribution < -0.4 is 14.9 Å². The van der Waals surface area contributed by atoms with Crippen LogP contribution in [0.4, 0.5) is 10.1 Å². The molecule has 2 fully saturated rings. The van der Waals surface area contributed by atoms with E-state index in [2.05, 4.69) is 21.9 Å². The third-order valence-electron chi connectivity index (χ3n) is 8.82. The zero-order valence-corrected chi connectivity index (χ0v) is 27.2. The molecule has 0 radical (unpaired) electrons. The standard InChI is InChI=1S/C35H44FN2O5P/c1-5-41-34-22-33(27-9-11-29(36)12-10-27)32(26-7-8-26)21-28(34)23-38-19-17-35(18-20-38,42-25-39)24-37(3)30-13-15-31(16-14-30)44(4,40)43-6-2/h9-16,21-22,25-26H,5-8,17-20,23-24H2,1-4H3. The lowest BCUT2D eigenvalue weighted by molar-refractivity contribution is -0.147. The molecule has 9 heteroatoms. The van der Waals surface area contributed by atoms with Crippen molar-refractivity contribution in [3.63, 3.8) is 0 Å². The normalized spacial score (nSPS) is 17.9. The van der Waals surface area contributed by atoms with Gasteiger partial charge in [0.05, 0.1) is 19.8 Å². The van der Waals surface area contributed by atoms with E-state index in [1.54, 1.807) is 6.66 Å². The van der Waals surface area contributed by atoms with Crippen LogP contribution in [-0.4, -0.2) is 63.5 Å². The van der Waals surface area contributed by atoms with Crippen molar-refractivity contribution in [1.82, 2.24) is 4.90 Å². The summed E-state index contributed by atoms with van der Waals surface area (Å²) in [4.78, 5) is 16.1. The Balaban J connectivity index is 1.29. The fourth-order valence-electron chi connectivity index (χ4n) is 6.27. The number of rotatable bonds is 14. The van der Waals surface area contributed by atoms with Gasteiger partial charge in [0.25, 0.3) is 6.47 Å². The molecule has 1 atom stereocenters. The van der Waals surface area contributed by atoms with E-state index in [1.807, 2.05) is 57.3 Å². The van der Waals surface area contributed by atoms with Gasteiger partial charge in [0, 0.05) is 62.7 Å². The molecule has 3 aromatic carbocycles. The SMILES string of the molecule is CCOc1cc(-c2ccc(F)cc2)c(C2CC2)cc1CN1CCC(CN(C)c2ccc(P(C)(=O)OCC)cc2)(OC=O)CC1. The molecule has 236 valence electrons. The maximum atomic E-state index is 13.7. The van der Waals surface area contributed by atoms with Gasteiger partial charge in [0.1, 0.15) is 17.2 Å². The van der Waals surface area contributed by atoms with Gasteiger partial charge >= 0.3 is 0 Å². The van der Waals surface area contributed by atoms with Crippen LogP contribution in [0.25, 0.3) is 11.1 Å². The minimum atomic E-state index is -2.84. The first-order valence-electron chi connectivity index (χ1n) is 15.6. The van der Waals surface area contributed by atoms with Gasteiger partial charge in [-0.15, -0.1) is 0 Å². The van der Waals surface area contributed by atoms with Crippen molar-refractivity contribution in [2.24, 2.45) is 0 Å². The Morgan fingerprint density at radius 1 is 1.02 bits per heavy atom. The van der Waals surface area contributed by atoms with Gasteiger partial charge in [-0.3, -0.25) is 14.3 Å². The number of carbonyl (C=O) groups is 1. The molecule has 1 aliphatic heterocycles. The Morgan fingerprint density at radius 3 is 2.30 bits per heavy atom. The number of hydrogen-bond donors (Lipinski definition) is 0. The van der Waals surface area contributed by atoms with E-state index in [4.69, 9.17) is 14.0 Å². The third kappa shape index (κ3) is 7.53. The molecule has 1 heterocycles. The predicted octanol–water partition coefficient (Wildman–Crippen LogP) is 6.98. The summed E-state index contributed by atoms with van der Waals surface area (Å²) in [6, 6.07) is 18.7. The maximum Gasteiger partial charge on any atom is 0.293 e. The van der Waals surface area contributed by atoms with Crippen molar-refractivity contribution >= 4 is 24.8 Å². The zero-order chi connectivity index (χ0) is 31.3. The topological polar surface area (TPSA) is 68.3 Å². The molecule has 1 saturated carbocycles. The van der Waals surface area contributed by atoms with E-state index >= 15 is 0 Å². The number of halogens is 1. The summed E-state index contributed by atoms with van der Waals surface area (Å²) in [5.41, 5.74) is 4.93. The summed E-state index contributed by atoms with van der Waals surface area (Å²) in [5.74, 6) is 1.14. The van der Waals surface area contributed by atoms with Crippen LogP contribution in [0.3, 0.4) is 0 Å². The second kappa shape index (κ2) is 13.8. The van der Waals surface area contributed by atoms with E-state index in [1.165, 1.54) is 17.7 Å². The molecule has 0 aromatic heterocycles. The van der Waals surface area contributed by atoms with E-state index in [0.29, 0.717) is 50.3 Å². The fraction of sp³-hybridized carbons (Fsp3) is 0.457. The first-order chi connectivity index (χ1) is 21.2. The minimum Gasteiger partial charge on any atom is -0.494 e. The number of anilines is 1. The van der Waals surface area contributed by atoms with Crippen LogP contribution in [0.2, 0.25) is 0 Å². The molecule has 0 bridgehead atoms. The molecule has 0 N–H and O–H groups in total. The molecular weight excluding hydrogens is 578 g/mol. The van der Waals surface area contributed by atoms with Crippen LogP contribution in [0, 0.1) is 5.82 Å². The largest absolute Gasteiger partial charge is 0.494 e. The molecule has 1 saturated heterocycles. The van der Waals surface area contributed by atoms with Gasteiger partial charge in [-0.25, -0.2) is 4.39 Å². The molecule has 7 nitrogen and oxygen atoms in total. The summed E-state index contributed by atoms with van der Waals surface area (Å²) in [5, 5.41) is 0.686. The molecule has 1 unspecified atom stereocenters. The summed E-state index contributed by atoms with van der Waals surface area (Å²) >= 11 is 0. The van der Waals surface area contributed by atoms with E-state index in [9.17, 15) is 13.8 Å². The number of nitrogens with zero attached hydrogens (tertiary/aromatic N) is 2. The van der Waals surface area contributed by atoms with Crippen LogP contribution in [-0.2, 0) is 25.2 Å². The third-order valence-corrected chi connectivity index (χ3v) is 10.8. The molecular formula is C35H44FN2O5P. The highest BCUT2D eigenvalue weighted by Gasteiger charge is 2.38. The van der Waals surface area contributed by atoms with Gasteiger partial charge in [0.2, 0.25) is 7.37 Å². The Hall–Kier alpha value is -3.19. The molecule has 1 aliphatic carbocycles. The highest BCUT2D eigenvalue weighted by Crippen LogP contribution is 2.47. The quantitative estimate of drug-likeness (QED) is 0.142. The number of likely N-dealkylation sites (tertiary alicyclic amines) is 1. The molecule has 2 aliphatic rings. The average molecular weight is 623 g/mol. The van der Waals surface area contributed by atoms with Crippen LogP contribution in [0.15, 0.2) is 60.7 Å². The second-order valence-electron chi connectivity index (χ2n) is 12.1. The highest BCUT2D eigenvalue weighted by molar-refractivity contribution is 7.66. The van der Waals surface area contributed by atoms with E-state index in [-0.39, 0.29) is 5.82 Å².